The maximum Gasteiger partial charge on any atom is 0.271 e. The number of hydrogen-bond acceptors (Lipinski definition) is 3. The van der Waals surface area contributed by atoms with E-state index in [9.17, 15) is 4.79 Å². The van der Waals surface area contributed by atoms with Crippen LogP contribution in [0, 0.1) is 6.92 Å². The van der Waals surface area contributed by atoms with Gasteiger partial charge in [0.2, 0.25) is 0 Å². The molecule has 3 rings (SSSR count). The molecule has 106 valence electrons. The summed E-state index contributed by atoms with van der Waals surface area (Å²) < 4.78 is 1.88. The van der Waals surface area contributed by atoms with Gasteiger partial charge in [-0.3, -0.25) is 4.79 Å². The number of nitrogens with zero attached hydrogens (tertiary/aromatic N) is 3. The maximum absolute atomic E-state index is 12.1. The molecular formula is C15H20N4O. The van der Waals surface area contributed by atoms with Crippen molar-refractivity contribution < 1.29 is 4.79 Å². The van der Waals surface area contributed by atoms with E-state index in [0.717, 1.165) is 30.8 Å². The molecule has 20 heavy (non-hydrogen) atoms. The fraction of sp³-hybridized carbons (Fsp3) is 0.467. The minimum Gasteiger partial charge on any atom is -0.349 e. The second-order valence-electron chi connectivity index (χ2n) is 5.40. The number of amides is 1. The number of fused-ring (bicyclic) bond motifs is 1. The summed E-state index contributed by atoms with van der Waals surface area (Å²) in [6.45, 7) is 5.95. The predicted octanol–water partition coefficient (Wildman–Crippen LogP) is 1.47. The Labute approximate surface area is 118 Å². The molecule has 1 aliphatic rings. The second kappa shape index (κ2) is 5.63. The number of rotatable bonds is 4. The van der Waals surface area contributed by atoms with Gasteiger partial charge >= 0.3 is 0 Å². The molecule has 0 aromatic carbocycles. The van der Waals surface area contributed by atoms with Crippen LogP contribution in [0.2, 0.25) is 0 Å². The maximum atomic E-state index is 12.1. The lowest BCUT2D eigenvalue weighted by atomic mass is 10.3. The van der Waals surface area contributed by atoms with Crippen LogP contribution in [0.25, 0.3) is 5.65 Å². The number of carbonyl (C=O) groups is 1. The van der Waals surface area contributed by atoms with Crippen LogP contribution in [-0.2, 0) is 0 Å². The molecule has 0 bridgehead atoms. The summed E-state index contributed by atoms with van der Waals surface area (Å²) in [6.07, 6.45) is 6.26. The normalized spacial score (nSPS) is 15.8. The van der Waals surface area contributed by atoms with Crippen molar-refractivity contribution in [2.75, 3.05) is 26.2 Å². The van der Waals surface area contributed by atoms with Gasteiger partial charge in [0.05, 0.1) is 0 Å². The highest BCUT2D eigenvalue weighted by atomic mass is 16.1. The highest BCUT2D eigenvalue weighted by Crippen LogP contribution is 2.08. The zero-order valence-electron chi connectivity index (χ0n) is 11.8. The van der Waals surface area contributed by atoms with E-state index in [1.165, 1.54) is 12.8 Å². The molecule has 1 aliphatic heterocycles. The first-order chi connectivity index (χ1) is 9.72. The smallest absolute Gasteiger partial charge is 0.271 e. The van der Waals surface area contributed by atoms with Gasteiger partial charge in [0.15, 0.2) is 0 Å². The van der Waals surface area contributed by atoms with Crippen LogP contribution in [0.4, 0.5) is 0 Å². The monoisotopic (exact) mass is 272 g/mol. The first-order valence-corrected chi connectivity index (χ1v) is 7.18. The van der Waals surface area contributed by atoms with E-state index in [4.69, 9.17) is 0 Å². The fourth-order valence-corrected chi connectivity index (χ4v) is 2.62. The molecule has 1 amide bonds. The van der Waals surface area contributed by atoms with Crippen molar-refractivity contribution >= 4 is 11.6 Å². The van der Waals surface area contributed by atoms with Crippen LogP contribution >= 0.6 is 0 Å². The van der Waals surface area contributed by atoms with E-state index in [-0.39, 0.29) is 5.91 Å². The predicted molar refractivity (Wildman–Crippen MR) is 77.9 cm³/mol. The Morgan fingerprint density at radius 3 is 3.00 bits per heavy atom. The van der Waals surface area contributed by atoms with E-state index in [1.807, 2.05) is 29.7 Å². The van der Waals surface area contributed by atoms with Gasteiger partial charge < -0.3 is 14.6 Å². The first kappa shape index (κ1) is 13.1. The van der Waals surface area contributed by atoms with Gasteiger partial charge in [-0.15, -0.1) is 0 Å². The summed E-state index contributed by atoms with van der Waals surface area (Å²) in [5.41, 5.74) is 2.44. The van der Waals surface area contributed by atoms with Gasteiger partial charge in [-0.1, -0.05) is 0 Å². The van der Waals surface area contributed by atoms with Crippen molar-refractivity contribution in [1.29, 1.82) is 0 Å². The zero-order valence-corrected chi connectivity index (χ0v) is 11.8. The lowest BCUT2D eigenvalue weighted by Gasteiger charge is -2.14. The van der Waals surface area contributed by atoms with Gasteiger partial charge in [-0.2, -0.15) is 0 Å². The Hall–Kier alpha value is -1.88. The number of nitrogens with one attached hydrogen (secondary N) is 1. The Morgan fingerprint density at radius 2 is 2.20 bits per heavy atom. The quantitative estimate of drug-likeness (QED) is 0.917. The third-order valence-corrected chi connectivity index (χ3v) is 3.76. The summed E-state index contributed by atoms with van der Waals surface area (Å²) in [7, 11) is 0. The fourth-order valence-electron chi connectivity index (χ4n) is 2.62. The molecule has 0 saturated carbocycles. The molecule has 0 aliphatic carbocycles. The van der Waals surface area contributed by atoms with Crippen LogP contribution in [-0.4, -0.2) is 46.4 Å². The molecular weight excluding hydrogens is 252 g/mol. The number of pyridine rings is 1. The van der Waals surface area contributed by atoms with Crippen LogP contribution in [0.1, 0.15) is 28.9 Å². The first-order valence-electron chi connectivity index (χ1n) is 7.18. The Kier molecular flexibility index (Phi) is 3.69. The van der Waals surface area contributed by atoms with Crippen molar-refractivity contribution in [3.63, 3.8) is 0 Å². The minimum atomic E-state index is -0.0921. The van der Waals surface area contributed by atoms with Gasteiger partial charge in [0.1, 0.15) is 11.3 Å². The number of likely N-dealkylation sites (tertiary alicyclic amines) is 1. The van der Waals surface area contributed by atoms with Crippen molar-refractivity contribution in [3.8, 4) is 0 Å². The molecule has 0 radical (unpaired) electrons. The van der Waals surface area contributed by atoms with Gasteiger partial charge in [0.25, 0.3) is 5.91 Å². The molecule has 1 N–H and O–H groups in total. The summed E-state index contributed by atoms with van der Waals surface area (Å²) in [6, 6.07) is 3.98. The molecule has 2 aromatic heterocycles. The van der Waals surface area contributed by atoms with Crippen molar-refractivity contribution in [1.82, 2.24) is 19.6 Å². The Morgan fingerprint density at radius 1 is 1.40 bits per heavy atom. The molecule has 3 heterocycles. The average Bonchev–Trinajstić information content (AvgIpc) is 3.06. The van der Waals surface area contributed by atoms with E-state index in [0.29, 0.717) is 12.2 Å². The van der Waals surface area contributed by atoms with E-state index >= 15 is 0 Å². The van der Waals surface area contributed by atoms with Crippen molar-refractivity contribution in [2.45, 2.75) is 19.8 Å². The molecule has 5 heteroatoms. The number of carbonyl (C=O) groups excluding carboxylic acids is 1. The van der Waals surface area contributed by atoms with Gasteiger partial charge in [-0.05, 0) is 50.6 Å². The van der Waals surface area contributed by atoms with Gasteiger partial charge in [0, 0.05) is 25.5 Å². The van der Waals surface area contributed by atoms with E-state index in [1.54, 1.807) is 6.20 Å². The lowest BCUT2D eigenvalue weighted by molar-refractivity contribution is 0.0945. The summed E-state index contributed by atoms with van der Waals surface area (Å²) in [5.74, 6) is -0.0921. The Bertz CT molecular complexity index is 613. The zero-order chi connectivity index (χ0) is 13.9. The van der Waals surface area contributed by atoms with Crippen molar-refractivity contribution in [2.24, 2.45) is 0 Å². The molecule has 0 spiro atoms. The second-order valence-corrected chi connectivity index (χ2v) is 5.40. The number of hydrogen-bond donors (Lipinski definition) is 1. The van der Waals surface area contributed by atoms with Crippen LogP contribution < -0.4 is 5.32 Å². The molecule has 0 unspecified atom stereocenters. The van der Waals surface area contributed by atoms with Crippen LogP contribution in [0.5, 0.6) is 0 Å². The largest absolute Gasteiger partial charge is 0.349 e. The SMILES string of the molecule is Cc1ccn2cc(C(=O)NCCN3CCCC3)nc2c1. The Balaban J connectivity index is 1.60. The molecule has 0 atom stereocenters. The molecule has 5 nitrogen and oxygen atoms in total. The van der Waals surface area contributed by atoms with E-state index in [2.05, 4.69) is 15.2 Å². The molecule has 1 saturated heterocycles. The highest BCUT2D eigenvalue weighted by molar-refractivity contribution is 5.92. The minimum absolute atomic E-state index is 0.0921. The standard InChI is InChI=1S/C15H20N4O/c1-12-4-8-19-11-13(17-14(19)10-12)15(20)16-5-9-18-6-2-3-7-18/h4,8,10-11H,2-3,5-7,9H2,1H3,(H,16,20). The number of aromatic nitrogens is 2. The van der Waals surface area contributed by atoms with Crippen LogP contribution in [0.3, 0.4) is 0 Å². The summed E-state index contributed by atoms with van der Waals surface area (Å²) in [5, 5.41) is 2.94. The summed E-state index contributed by atoms with van der Waals surface area (Å²) in [4.78, 5) is 18.8. The third-order valence-electron chi connectivity index (χ3n) is 3.76. The van der Waals surface area contributed by atoms with E-state index < -0.39 is 0 Å². The third kappa shape index (κ3) is 2.82. The molecule has 1 fully saturated rings. The number of imidazole rings is 1. The lowest BCUT2D eigenvalue weighted by Crippen LogP contribution is -2.33. The van der Waals surface area contributed by atoms with Crippen molar-refractivity contribution in [3.05, 3.63) is 35.8 Å². The number of aryl methyl sites for hydroxylation is 1. The van der Waals surface area contributed by atoms with Gasteiger partial charge in [-0.25, -0.2) is 4.98 Å². The average molecular weight is 272 g/mol. The highest BCUT2D eigenvalue weighted by Gasteiger charge is 2.13. The summed E-state index contributed by atoms with van der Waals surface area (Å²) >= 11 is 0. The molecule has 2 aromatic rings. The van der Waals surface area contributed by atoms with Crippen LogP contribution in [0.15, 0.2) is 24.5 Å². The topological polar surface area (TPSA) is 49.6 Å².